The molecule has 0 bridgehead atoms. The van der Waals surface area contributed by atoms with Gasteiger partial charge in [-0.05, 0) is 23.8 Å². The molecule has 1 saturated heterocycles. The van der Waals surface area contributed by atoms with Gasteiger partial charge in [-0.3, -0.25) is 0 Å². The van der Waals surface area contributed by atoms with Crippen molar-refractivity contribution in [3.05, 3.63) is 16.1 Å². The Labute approximate surface area is 112 Å². The molecule has 96 valence electrons. The summed E-state index contributed by atoms with van der Waals surface area (Å²) >= 11 is 3.64. The standard InChI is InChI=1S/C13H21NOS2/c1-13(2,3)11-8-17-12(14-11)6-10(15)9-4-5-16-7-9/h8-10,15H,4-7H2,1-3H3. The molecule has 2 heterocycles. The molecule has 0 aliphatic carbocycles. The van der Waals surface area contributed by atoms with E-state index in [9.17, 15) is 5.11 Å². The molecule has 1 N–H and O–H groups in total. The Balaban J connectivity index is 1.96. The summed E-state index contributed by atoms with van der Waals surface area (Å²) in [6.07, 6.45) is 1.68. The van der Waals surface area contributed by atoms with Crippen molar-refractivity contribution in [2.24, 2.45) is 5.92 Å². The second-order valence-electron chi connectivity index (χ2n) is 5.77. The highest BCUT2D eigenvalue weighted by molar-refractivity contribution is 7.99. The predicted molar refractivity (Wildman–Crippen MR) is 76.0 cm³/mol. The van der Waals surface area contributed by atoms with E-state index >= 15 is 0 Å². The van der Waals surface area contributed by atoms with E-state index < -0.39 is 0 Å². The first kappa shape index (κ1) is 13.4. The molecule has 0 radical (unpaired) electrons. The number of aliphatic hydroxyl groups is 1. The number of hydrogen-bond donors (Lipinski definition) is 1. The quantitative estimate of drug-likeness (QED) is 0.917. The van der Waals surface area contributed by atoms with E-state index in [0.717, 1.165) is 29.3 Å². The van der Waals surface area contributed by atoms with Gasteiger partial charge in [0.15, 0.2) is 0 Å². The zero-order chi connectivity index (χ0) is 12.5. The van der Waals surface area contributed by atoms with Crippen molar-refractivity contribution in [2.75, 3.05) is 11.5 Å². The van der Waals surface area contributed by atoms with E-state index in [1.54, 1.807) is 11.3 Å². The lowest BCUT2D eigenvalue weighted by Gasteiger charge is -2.16. The van der Waals surface area contributed by atoms with Crippen LogP contribution in [0.4, 0.5) is 0 Å². The van der Waals surface area contributed by atoms with Gasteiger partial charge in [-0.15, -0.1) is 11.3 Å². The van der Waals surface area contributed by atoms with Gasteiger partial charge in [0.2, 0.25) is 0 Å². The van der Waals surface area contributed by atoms with Crippen molar-refractivity contribution < 1.29 is 5.11 Å². The molecule has 1 aliphatic heterocycles. The van der Waals surface area contributed by atoms with E-state index in [1.807, 2.05) is 11.8 Å². The molecule has 1 aromatic heterocycles. The summed E-state index contributed by atoms with van der Waals surface area (Å²) in [7, 11) is 0. The van der Waals surface area contributed by atoms with Gasteiger partial charge in [0.05, 0.1) is 16.8 Å². The molecule has 0 saturated carbocycles. The van der Waals surface area contributed by atoms with Crippen LogP contribution in [0.1, 0.15) is 37.9 Å². The summed E-state index contributed by atoms with van der Waals surface area (Å²) < 4.78 is 0. The molecule has 2 rings (SSSR count). The molecule has 0 spiro atoms. The van der Waals surface area contributed by atoms with Crippen LogP contribution >= 0.6 is 23.1 Å². The van der Waals surface area contributed by atoms with E-state index in [1.165, 1.54) is 5.75 Å². The molecular weight excluding hydrogens is 250 g/mol. The van der Waals surface area contributed by atoms with Crippen LogP contribution < -0.4 is 0 Å². The van der Waals surface area contributed by atoms with Gasteiger partial charge in [-0.25, -0.2) is 4.98 Å². The highest BCUT2D eigenvalue weighted by atomic mass is 32.2. The van der Waals surface area contributed by atoms with Crippen LogP contribution in [-0.4, -0.2) is 27.7 Å². The van der Waals surface area contributed by atoms with Crippen molar-refractivity contribution in [2.45, 2.75) is 45.1 Å². The van der Waals surface area contributed by atoms with E-state index in [4.69, 9.17) is 0 Å². The highest BCUT2D eigenvalue weighted by Crippen LogP contribution is 2.29. The van der Waals surface area contributed by atoms with Crippen molar-refractivity contribution in [3.8, 4) is 0 Å². The Morgan fingerprint density at radius 1 is 1.53 bits per heavy atom. The monoisotopic (exact) mass is 271 g/mol. The highest BCUT2D eigenvalue weighted by Gasteiger charge is 2.25. The van der Waals surface area contributed by atoms with Crippen molar-refractivity contribution in [3.63, 3.8) is 0 Å². The summed E-state index contributed by atoms with van der Waals surface area (Å²) in [4.78, 5) is 4.64. The molecule has 2 nitrogen and oxygen atoms in total. The molecular formula is C13H21NOS2. The summed E-state index contributed by atoms with van der Waals surface area (Å²) in [5, 5.41) is 13.4. The fourth-order valence-electron chi connectivity index (χ4n) is 1.95. The zero-order valence-electron chi connectivity index (χ0n) is 10.8. The maximum absolute atomic E-state index is 10.2. The first-order valence-electron chi connectivity index (χ1n) is 6.17. The Hall–Kier alpha value is -0.0600. The molecule has 2 unspecified atom stereocenters. The Bertz CT molecular complexity index is 364. The third-order valence-corrected chi connectivity index (χ3v) is 5.27. The maximum Gasteiger partial charge on any atom is 0.0954 e. The number of thiazole rings is 1. The first-order chi connectivity index (χ1) is 7.97. The van der Waals surface area contributed by atoms with Crippen molar-refractivity contribution in [1.29, 1.82) is 0 Å². The zero-order valence-corrected chi connectivity index (χ0v) is 12.4. The predicted octanol–water partition coefficient (Wildman–Crippen LogP) is 3.10. The average Bonchev–Trinajstić information content (AvgIpc) is 2.85. The van der Waals surface area contributed by atoms with Gasteiger partial charge in [0.1, 0.15) is 0 Å². The van der Waals surface area contributed by atoms with Gasteiger partial charge >= 0.3 is 0 Å². The lowest BCUT2D eigenvalue weighted by molar-refractivity contribution is 0.120. The van der Waals surface area contributed by atoms with Crippen LogP contribution in [-0.2, 0) is 11.8 Å². The number of aromatic nitrogens is 1. The SMILES string of the molecule is CC(C)(C)c1csc(CC(O)C2CCSC2)n1. The Kier molecular flexibility index (Phi) is 4.16. The second-order valence-corrected chi connectivity index (χ2v) is 7.86. The maximum atomic E-state index is 10.2. The average molecular weight is 271 g/mol. The van der Waals surface area contributed by atoms with Crippen LogP contribution in [0, 0.1) is 5.92 Å². The van der Waals surface area contributed by atoms with Crippen LogP contribution in [0.5, 0.6) is 0 Å². The van der Waals surface area contributed by atoms with Crippen LogP contribution in [0.3, 0.4) is 0 Å². The van der Waals surface area contributed by atoms with Gasteiger partial charge in [-0.2, -0.15) is 11.8 Å². The van der Waals surface area contributed by atoms with E-state index in [-0.39, 0.29) is 11.5 Å². The fraction of sp³-hybridized carbons (Fsp3) is 0.769. The summed E-state index contributed by atoms with van der Waals surface area (Å²) in [6, 6.07) is 0. The minimum atomic E-state index is -0.205. The second kappa shape index (κ2) is 5.29. The normalized spacial score (nSPS) is 22.9. The Morgan fingerprint density at radius 2 is 2.29 bits per heavy atom. The first-order valence-corrected chi connectivity index (χ1v) is 8.21. The third-order valence-electron chi connectivity index (χ3n) is 3.21. The molecule has 4 heteroatoms. The van der Waals surface area contributed by atoms with Crippen LogP contribution in [0.15, 0.2) is 5.38 Å². The molecule has 1 aliphatic rings. The molecule has 0 aromatic carbocycles. The van der Waals surface area contributed by atoms with Crippen molar-refractivity contribution >= 4 is 23.1 Å². The molecule has 2 atom stereocenters. The summed E-state index contributed by atoms with van der Waals surface area (Å²) in [5.41, 5.74) is 1.26. The smallest absolute Gasteiger partial charge is 0.0954 e. The van der Waals surface area contributed by atoms with Gasteiger partial charge in [-0.1, -0.05) is 20.8 Å². The summed E-state index contributed by atoms with van der Waals surface area (Å²) in [5.74, 6) is 2.79. The minimum absolute atomic E-state index is 0.114. The fourth-order valence-corrected chi connectivity index (χ4v) is 4.35. The van der Waals surface area contributed by atoms with Crippen molar-refractivity contribution in [1.82, 2.24) is 4.98 Å². The largest absolute Gasteiger partial charge is 0.392 e. The molecule has 17 heavy (non-hydrogen) atoms. The lowest BCUT2D eigenvalue weighted by Crippen LogP contribution is -2.22. The number of hydrogen-bond acceptors (Lipinski definition) is 4. The van der Waals surface area contributed by atoms with Gasteiger partial charge < -0.3 is 5.11 Å². The topological polar surface area (TPSA) is 33.1 Å². The number of thioether (sulfide) groups is 1. The minimum Gasteiger partial charge on any atom is -0.392 e. The lowest BCUT2D eigenvalue weighted by atomic mass is 9.93. The van der Waals surface area contributed by atoms with Crippen LogP contribution in [0.2, 0.25) is 0 Å². The van der Waals surface area contributed by atoms with Crippen LogP contribution in [0.25, 0.3) is 0 Å². The van der Waals surface area contributed by atoms with Gasteiger partial charge in [0, 0.05) is 17.2 Å². The molecule has 1 aromatic rings. The third kappa shape index (κ3) is 3.46. The molecule has 0 amide bonds. The van der Waals surface area contributed by atoms with E-state index in [2.05, 4.69) is 31.1 Å². The number of nitrogens with zero attached hydrogens (tertiary/aromatic N) is 1. The summed E-state index contributed by atoms with van der Waals surface area (Å²) in [6.45, 7) is 6.53. The Morgan fingerprint density at radius 3 is 2.82 bits per heavy atom. The van der Waals surface area contributed by atoms with Gasteiger partial charge in [0.25, 0.3) is 0 Å². The number of rotatable bonds is 3. The van der Waals surface area contributed by atoms with E-state index in [0.29, 0.717) is 5.92 Å². The number of aliphatic hydroxyl groups excluding tert-OH is 1. The molecule has 1 fully saturated rings.